The standard InChI is InChI=1S/C14H16ClFO4S/c1-2-20-11-7-10(16)13(6-9(11)15)21(19)12-5-3-4-8(12)14(17)18/h6-8,12H,2-5H2,1H3,(H,17,18)/t8-,12-,21-/m1/s1. The number of rotatable bonds is 5. The van der Waals surface area contributed by atoms with Gasteiger partial charge < -0.3 is 9.84 Å². The Morgan fingerprint density at radius 2 is 2.24 bits per heavy atom. The van der Waals surface area contributed by atoms with E-state index in [4.69, 9.17) is 21.4 Å². The fraction of sp³-hybridized carbons (Fsp3) is 0.500. The molecule has 0 heterocycles. The largest absolute Gasteiger partial charge is 0.492 e. The van der Waals surface area contributed by atoms with E-state index >= 15 is 0 Å². The summed E-state index contributed by atoms with van der Waals surface area (Å²) >= 11 is 5.99. The van der Waals surface area contributed by atoms with Gasteiger partial charge >= 0.3 is 5.97 Å². The third kappa shape index (κ3) is 3.37. The monoisotopic (exact) mass is 334 g/mol. The van der Waals surface area contributed by atoms with Gasteiger partial charge in [0, 0.05) is 6.07 Å². The number of carboxylic acids is 1. The van der Waals surface area contributed by atoms with Crippen LogP contribution >= 0.6 is 11.6 Å². The number of carbonyl (C=O) groups is 1. The summed E-state index contributed by atoms with van der Waals surface area (Å²) in [5.74, 6) is -2.17. The van der Waals surface area contributed by atoms with Crippen molar-refractivity contribution < 1.29 is 23.2 Å². The van der Waals surface area contributed by atoms with Gasteiger partial charge in [0.15, 0.2) is 0 Å². The summed E-state index contributed by atoms with van der Waals surface area (Å²) < 4.78 is 31.8. The van der Waals surface area contributed by atoms with Crippen molar-refractivity contribution in [2.45, 2.75) is 36.3 Å². The molecule has 2 rings (SSSR count). The number of aliphatic carboxylic acids is 1. The molecule has 0 spiro atoms. The van der Waals surface area contributed by atoms with E-state index in [0.717, 1.165) is 6.07 Å². The molecular formula is C14H16ClFO4S. The zero-order valence-corrected chi connectivity index (χ0v) is 13.0. The molecule has 0 radical (unpaired) electrons. The molecule has 21 heavy (non-hydrogen) atoms. The number of benzene rings is 1. The van der Waals surface area contributed by atoms with Crippen LogP contribution in [0.25, 0.3) is 0 Å². The topological polar surface area (TPSA) is 63.6 Å². The van der Waals surface area contributed by atoms with E-state index in [1.165, 1.54) is 6.07 Å². The van der Waals surface area contributed by atoms with Crippen LogP contribution in [-0.2, 0) is 15.6 Å². The molecule has 7 heteroatoms. The summed E-state index contributed by atoms with van der Waals surface area (Å²) in [7, 11) is -1.74. The molecule has 0 bridgehead atoms. The first-order valence-electron chi connectivity index (χ1n) is 6.71. The molecule has 1 saturated carbocycles. The van der Waals surface area contributed by atoms with Gasteiger partial charge in [0.05, 0.1) is 38.5 Å². The average molecular weight is 335 g/mol. The molecule has 0 unspecified atom stereocenters. The maximum Gasteiger partial charge on any atom is 0.307 e. The fourth-order valence-corrected chi connectivity index (χ4v) is 4.58. The molecule has 0 saturated heterocycles. The van der Waals surface area contributed by atoms with E-state index in [1.807, 2.05) is 0 Å². The van der Waals surface area contributed by atoms with Crippen molar-refractivity contribution in [1.82, 2.24) is 0 Å². The van der Waals surface area contributed by atoms with Gasteiger partial charge in [-0.3, -0.25) is 9.00 Å². The molecule has 116 valence electrons. The SMILES string of the molecule is CCOc1cc(F)c([S@](=O)[C@@H]2CCC[C@H]2C(=O)O)cc1Cl. The van der Waals surface area contributed by atoms with Crippen LogP contribution in [-0.4, -0.2) is 27.1 Å². The van der Waals surface area contributed by atoms with Crippen LogP contribution in [0.2, 0.25) is 5.02 Å². The molecule has 0 amide bonds. The van der Waals surface area contributed by atoms with E-state index in [2.05, 4.69) is 0 Å². The van der Waals surface area contributed by atoms with Gasteiger partial charge in [-0.25, -0.2) is 4.39 Å². The molecule has 1 aromatic rings. The molecule has 0 aliphatic heterocycles. The van der Waals surface area contributed by atoms with Gasteiger partial charge in [-0.1, -0.05) is 18.0 Å². The van der Waals surface area contributed by atoms with Crippen LogP contribution in [0.15, 0.2) is 17.0 Å². The molecule has 1 aliphatic rings. The van der Waals surface area contributed by atoms with Gasteiger partial charge in [-0.15, -0.1) is 0 Å². The maximum atomic E-state index is 14.1. The van der Waals surface area contributed by atoms with Crippen molar-refractivity contribution in [3.8, 4) is 5.75 Å². The number of hydrogen-bond donors (Lipinski definition) is 1. The lowest BCUT2D eigenvalue weighted by Crippen LogP contribution is -2.27. The van der Waals surface area contributed by atoms with Crippen molar-refractivity contribution >= 4 is 28.4 Å². The Morgan fingerprint density at radius 3 is 2.86 bits per heavy atom. The smallest absolute Gasteiger partial charge is 0.307 e. The normalized spacial score (nSPS) is 23.0. The van der Waals surface area contributed by atoms with Crippen molar-refractivity contribution in [3.63, 3.8) is 0 Å². The second-order valence-electron chi connectivity index (χ2n) is 4.86. The van der Waals surface area contributed by atoms with Crippen LogP contribution in [0.3, 0.4) is 0 Å². The molecule has 3 atom stereocenters. The van der Waals surface area contributed by atoms with Crippen LogP contribution in [0.5, 0.6) is 5.75 Å². The van der Waals surface area contributed by atoms with Crippen molar-refractivity contribution in [2.75, 3.05) is 6.61 Å². The van der Waals surface area contributed by atoms with Gasteiger partial charge in [-0.05, 0) is 25.8 Å². The van der Waals surface area contributed by atoms with Crippen molar-refractivity contribution in [2.24, 2.45) is 5.92 Å². The van der Waals surface area contributed by atoms with Crippen LogP contribution in [0.4, 0.5) is 4.39 Å². The van der Waals surface area contributed by atoms with Crippen LogP contribution in [0, 0.1) is 11.7 Å². The Kier molecular flexibility index (Phi) is 5.22. The predicted octanol–water partition coefficient (Wildman–Crippen LogP) is 3.24. The summed E-state index contributed by atoms with van der Waals surface area (Å²) in [5, 5.41) is 8.74. The van der Waals surface area contributed by atoms with Gasteiger partial charge in [0.25, 0.3) is 0 Å². The third-order valence-corrected chi connectivity index (χ3v) is 5.70. The highest BCUT2D eigenvalue weighted by molar-refractivity contribution is 7.85. The number of halogens is 2. The molecular weight excluding hydrogens is 319 g/mol. The average Bonchev–Trinajstić information content (AvgIpc) is 2.91. The molecule has 1 aromatic carbocycles. The van der Waals surface area contributed by atoms with Gasteiger partial charge in [-0.2, -0.15) is 0 Å². The Bertz CT molecular complexity index is 578. The van der Waals surface area contributed by atoms with Gasteiger partial charge in [0.2, 0.25) is 0 Å². The third-order valence-electron chi connectivity index (χ3n) is 3.55. The maximum absolute atomic E-state index is 14.1. The summed E-state index contributed by atoms with van der Waals surface area (Å²) in [5.41, 5.74) is 0. The lowest BCUT2D eigenvalue weighted by atomic mass is 10.1. The van der Waals surface area contributed by atoms with E-state index in [0.29, 0.717) is 25.9 Å². The first kappa shape index (κ1) is 16.2. The number of carboxylic acid groups (broad SMARTS) is 1. The Balaban J connectivity index is 2.31. The minimum Gasteiger partial charge on any atom is -0.492 e. The Hall–Kier alpha value is -1.14. The molecule has 4 nitrogen and oxygen atoms in total. The zero-order valence-electron chi connectivity index (χ0n) is 11.5. The van der Waals surface area contributed by atoms with E-state index < -0.39 is 33.8 Å². The second-order valence-corrected chi connectivity index (χ2v) is 6.90. The Morgan fingerprint density at radius 1 is 1.52 bits per heavy atom. The molecule has 0 aromatic heterocycles. The van der Waals surface area contributed by atoms with E-state index in [9.17, 15) is 13.4 Å². The van der Waals surface area contributed by atoms with Crippen LogP contribution in [0.1, 0.15) is 26.2 Å². The molecule has 1 aliphatic carbocycles. The second kappa shape index (κ2) is 6.75. The highest BCUT2D eigenvalue weighted by Crippen LogP contribution is 2.36. The first-order chi connectivity index (χ1) is 9.95. The summed E-state index contributed by atoms with van der Waals surface area (Å²) in [4.78, 5) is 11.1. The fourth-order valence-electron chi connectivity index (χ4n) is 2.56. The minimum atomic E-state index is -1.74. The predicted molar refractivity (Wildman–Crippen MR) is 77.8 cm³/mol. The van der Waals surface area contributed by atoms with Gasteiger partial charge in [0.1, 0.15) is 11.6 Å². The summed E-state index contributed by atoms with van der Waals surface area (Å²) in [6.07, 6.45) is 1.66. The molecule has 1 N–H and O–H groups in total. The molecule has 1 fully saturated rings. The highest BCUT2D eigenvalue weighted by Gasteiger charge is 2.38. The lowest BCUT2D eigenvalue weighted by molar-refractivity contribution is -0.141. The number of hydrogen-bond acceptors (Lipinski definition) is 3. The van der Waals surface area contributed by atoms with Crippen molar-refractivity contribution in [3.05, 3.63) is 23.0 Å². The van der Waals surface area contributed by atoms with E-state index in [1.54, 1.807) is 6.92 Å². The highest BCUT2D eigenvalue weighted by atomic mass is 35.5. The quantitative estimate of drug-likeness (QED) is 0.897. The first-order valence-corrected chi connectivity index (χ1v) is 8.30. The van der Waals surface area contributed by atoms with E-state index in [-0.39, 0.29) is 15.7 Å². The number of ether oxygens (including phenoxy) is 1. The lowest BCUT2D eigenvalue weighted by Gasteiger charge is -2.16. The van der Waals surface area contributed by atoms with Crippen molar-refractivity contribution in [1.29, 1.82) is 0 Å². The summed E-state index contributed by atoms with van der Waals surface area (Å²) in [6.45, 7) is 2.08. The van der Waals surface area contributed by atoms with Crippen LogP contribution < -0.4 is 4.74 Å². The zero-order chi connectivity index (χ0) is 15.6. The summed E-state index contributed by atoms with van der Waals surface area (Å²) in [6, 6.07) is 2.37. The Labute approximate surface area is 129 Å². The minimum absolute atomic E-state index is 0.0541.